The fraction of sp³-hybridized carbons (Fsp3) is 0.667. The first-order valence-corrected chi connectivity index (χ1v) is 6.63. The van der Waals surface area contributed by atoms with E-state index in [0.29, 0.717) is 10.8 Å². The van der Waals surface area contributed by atoms with Gasteiger partial charge in [-0.2, -0.15) is 4.98 Å². The van der Waals surface area contributed by atoms with Gasteiger partial charge in [-0.25, -0.2) is 4.98 Å². The second-order valence-corrected chi connectivity index (χ2v) is 4.53. The molecular formula is C12H21ClN4. The van der Waals surface area contributed by atoms with Gasteiger partial charge in [0.2, 0.25) is 5.95 Å². The van der Waals surface area contributed by atoms with E-state index in [1.54, 1.807) is 0 Å². The van der Waals surface area contributed by atoms with Gasteiger partial charge in [0.05, 0.1) is 6.20 Å². The van der Waals surface area contributed by atoms with Crippen LogP contribution in [0.15, 0.2) is 6.20 Å². The van der Waals surface area contributed by atoms with Gasteiger partial charge >= 0.3 is 0 Å². The quantitative estimate of drug-likeness (QED) is 0.699. The van der Waals surface area contributed by atoms with Gasteiger partial charge < -0.3 is 11.1 Å². The number of nitrogens with zero attached hydrogens (tertiary/aromatic N) is 2. The maximum atomic E-state index is 5.93. The Bertz CT molecular complexity index is 330. The Balaban J connectivity index is 2.15. The van der Waals surface area contributed by atoms with Crippen LogP contribution >= 0.6 is 11.6 Å². The molecule has 1 heterocycles. The van der Waals surface area contributed by atoms with Gasteiger partial charge in [0, 0.05) is 6.54 Å². The Morgan fingerprint density at radius 2 is 1.94 bits per heavy atom. The van der Waals surface area contributed by atoms with E-state index in [1.807, 2.05) is 0 Å². The molecule has 0 amide bonds. The number of anilines is 2. The fourth-order valence-electron chi connectivity index (χ4n) is 1.62. The summed E-state index contributed by atoms with van der Waals surface area (Å²) in [6.45, 7) is 3.10. The lowest BCUT2D eigenvalue weighted by molar-refractivity contribution is 0.617. The molecule has 96 valence electrons. The van der Waals surface area contributed by atoms with Crippen molar-refractivity contribution in [3.05, 3.63) is 11.2 Å². The smallest absolute Gasteiger partial charge is 0.222 e. The van der Waals surface area contributed by atoms with Crippen molar-refractivity contribution in [1.29, 1.82) is 0 Å². The van der Waals surface area contributed by atoms with Crippen LogP contribution in [0.3, 0.4) is 0 Å². The zero-order valence-electron chi connectivity index (χ0n) is 10.4. The predicted octanol–water partition coefficient (Wildman–Crippen LogP) is 3.48. The monoisotopic (exact) mass is 256 g/mol. The first-order chi connectivity index (χ1) is 8.24. The standard InChI is InChI=1S/C12H21ClN4/c1-2-3-4-5-6-7-8-15-11-10(13)9-16-12(14)17-11/h9H,2-8H2,1H3,(H3,14,15,16,17). The molecule has 0 unspecified atom stereocenters. The predicted molar refractivity (Wildman–Crippen MR) is 73.3 cm³/mol. The van der Waals surface area contributed by atoms with Crippen LogP contribution in [0.4, 0.5) is 11.8 Å². The van der Waals surface area contributed by atoms with Crippen LogP contribution in [0.2, 0.25) is 5.02 Å². The molecular weight excluding hydrogens is 236 g/mol. The molecule has 5 heteroatoms. The molecule has 0 aromatic carbocycles. The van der Waals surface area contributed by atoms with Crippen molar-refractivity contribution in [2.45, 2.75) is 45.4 Å². The number of hydrogen-bond donors (Lipinski definition) is 2. The normalized spacial score (nSPS) is 10.5. The molecule has 3 N–H and O–H groups in total. The SMILES string of the molecule is CCCCCCCCNc1nc(N)ncc1Cl. The van der Waals surface area contributed by atoms with Crippen LogP contribution in [0, 0.1) is 0 Å². The average Bonchev–Trinajstić information content (AvgIpc) is 2.32. The molecule has 0 spiro atoms. The lowest BCUT2D eigenvalue weighted by Crippen LogP contribution is -2.06. The number of aromatic nitrogens is 2. The molecule has 4 nitrogen and oxygen atoms in total. The summed E-state index contributed by atoms with van der Waals surface area (Å²) in [5, 5.41) is 3.70. The van der Waals surface area contributed by atoms with Crippen LogP contribution in [-0.2, 0) is 0 Å². The molecule has 1 aromatic heterocycles. The van der Waals surface area contributed by atoms with E-state index in [0.717, 1.165) is 13.0 Å². The fourth-order valence-corrected chi connectivity index (χ4v) is 1.77. The summed E-state index contributed by atoms with van der Waals surface area (Å²) in [6.07, 6.45) is 9.14. The molecule has 0 aliphatic carbocycles. The van der Waals surface area contributed by atoms with Crippen molar-refractivity contribution in [1.82, 2.24) is 9.97 Å². The molecule has 1 aromatic rings. The van der Waals surface area contributed by atoms with E-state index in [9.17, 15) is 0 Å². The highest BCUT2D eigenvalue weighted by molar-refractivity contribution is 6.32. The van der Waals surface area contributed by atoms with Gasteiger partial charge in [-0.1, -0.05) is 50.6 Å². The minimum atomic E-state index is 0.250. The minimum Gasteiger partial charge on any atom is -0.369 e. The van der Waals surface area contributed by atoms with Crippen LogP contribution in [0.1, 0.15) is 45.4 Å². The molecule has 0 aliphatic rings. The number of nitrogen functional groups attached to an aromatic ring is 1. The van der Waals surface area contributed by atoms with Crippen LogP contribution in [-0.4, -0.2) is 16.5 Å². The van der Waals surface area contributed by atoms with Gasteiger partial charge in [0.1, 0.15) is 10.8 Å². The van der Waals surface area contributed by atoms with Gasteiger partial charge in [-0.05, 0) is 6.42 Å². The Kier molecular flexibility index (Phi) is 6.70. The number of nitrogens with two attached hydrogens (primary N) is 1. The van der Waals surface area contributed by atoms with E-state index >= 15 is 0 Å². The van der Waals surface area contributed by atoms with Crippen molar-refractivity contribution in [2.24, 2.45) is 0 Å². The van der Waals surface area contributed by atoms with Crippen LogP contribution in [0.25, 0.3) is 0 Å². The van der Waals surface area contributed by atoms with Gasteiger partial charge in [-0.15, -0.1) is 0 Å². The zero-order chi connectivity index (χ0) is 12.5. The Morgan fingerprint density at radius 3 is 2.71 bits per heavy atom. The Hall–Kier alpha value is -1.03. The first-order valence-electron chi connectivity index (χ1n) is 6.26. The molecule has 0 saturated heterocycles. The van der Waals surface area contributed by atoms with E-state index < -0.39 is 0 Å². The first kappa shape index (κ1) is 14.0. The van der Waals surface area contributed by atoms with Gasteiger partial charge in [0.15, 0.2) is 0 Å². The molecule has 0 saturated carbocycles. The van der Waals surface area contributed by atoms with Gasteiger partial charge in [0.25, 0.3) is 0 Å². The van der Waals surface area contributed by atoms with Crippen molar-refractivity contribution in [2.75, 3.05) is 17.6 Å². The second-order valence-electron chi connectivity index (χ2n) is 4.12. The third-order valence-electron chi connectivity index (χ3n) is 2.59. The van der Waals surface area contributed by atoms with E-state index in [2.05, 4.69) is 22.2 Å². The Labute approximate surface area is 108 Å². The summed E-state index contributed by atoms with van der Waals surface area (Å²) in [4.78, 5) is 7.86. The minimum absolute atomic E-state index is 0.250. The van der Waals surface area contributed by atoms with E-state index in [4.69, 9.17) is 17.3 Å². The lowest BCUT2D eigenvalue weighted by atomic mass is 10.1. The van der Waals surface area contributed by atoms with Crippen molar-refractivity contribution in [3.8, 4) is 0 Å². The molecule has 0 aliphatic heterocycles. The number of nitrogens with one attached hydrogen (secondary N) is 1. The summed E-state index contributed by atoms with van der Waals surface area (Å²) in [7, 11) is 0. The average molecular weight is 257 g/mol. The van der Waals surface area contributed by atoms with E-state index in [-0.39, 0.29) is 5.95 Å². The summed E-state index contributed by atoms with van der Waals surface area (Å²) < 4.78 is 0. The lowest BCUT2D eigenvalue weighted by Gasteiger charge is -2.07. The molecule has 17 heavy (non-hydrogen) atoms. The van der Waals surface area contributed by atoms with Crippen LogP contribution < -0.4 is 11.1 Å². The van der Waals surface area contributed by atoms with Crippen molar-refractivity contribution in [3.63, 3.8) is 0 Å². The van der Waals surface area contributed by atoms with Crippen LogP contribution in [0.5, 0.6) is 0 Å². The molecule has 1 rings (SSSR count). The summed E-state index contributed by atoms with van der Waals surface area (Å²) in [6, 6.07) is 0. The largest absolute Gasteiger partial charge is 0.369 e. The Morgan fingerprint density at radius 1 is 1.24 bits per heavy atom. The highest BCUT2D eigenvalue weighted by Crippen LogP contribution is 2.18. The van der Waals surface area contributed by atoms with E-state index in [1.165, 1.54) is 38.3 Å². The molecule has 0 fully saturated rings. The number of unbranched alkanes of at least 4 members (excludes halogenated alkanes) is 5. The van der Waals surface area contributed by atoms with Crippen molar-refractivity contribution >= 4 is 23.4 Å². The third kappa shape index (κ3) is 5.73. The highest BCUT2D eigenvalue weighted by atomic mass is 35.5. The molecule has 0 atom stereocenters. The number of rotatable bonds is 8. The molecule has 0 bridgehead atoms. The topological polar surface area (TPSA) is 63.8 Å². The van der Waals surface area contributed by atoms with Gasteiger partial charge in [-0.3, -0.25) is 0 Å². The number of halogens is 1. The third-order valence-corrected chi connectivity index (χ3v) is 2.86. The highest BCUT2D eigenvalue weighted by Gasteiger charge is 2.02. The maximum Gasteiger partial charge on any atom is 0.222 e. The zero-order valence-corrected chi connectivity index (χ0v) is 11.1. The summed E-state index contributed by atoms with van der Waals surface area (Å²) in [5.41, 5.74) is 5.49. The van der Waals surface area contributed by atoms with Crippen molar-refractivity contribution < 1.29 is 0 Å². The second kappa shape index (κ2) is 8.12. The summed E-state index contributed by atoms with van der Waals surface area (Å²) >= 11 is 5.93. The molecule has 0 radical (unpaired) electrons. The maximum absolute atomic E-state index is 5.93. The number of hydrogen-bond acceptors (Lipinski definition) is 4. The summed E-state index contributed by atoms with van der Waals surface area (Å²) in [5.74, 6) is 0.882.